The molecule has 1 fully saturated rings. The number of halogens is 3. The molecule has 1 N–H and O–H groups in total. The first kappa shape index (κ1) is 21.9. The Kier molecular flexibility index (Phi) is 7.56. The number of guanidine groups is 1. The van der Waals surface area contributed by atoms with Crippen LogP contribution in [0.3, 0.4) is 0 Å². The summed E-state index contributed by atoms with van der Waals surface area (Å²) in [5, 5.41) is 7.28. The lowest BCUT2D eigenvalue weighted by Gasteiger charge is -2.36. The van der Waals surface area contributed by atoms with Gasteiger partial charge in [-0.2, -0.15) is 0 Å². The Morgan fingerprint density at radius 1 is 1.17 bits per heavy atom. The molecule has 30 heavy (non-hydrogen) atoms. The minimum atomic E-state index is -4.68. The van der Waals surface area contributed by atoms with Gasteiger partial charge < -0.3 is 19.5 Å². The molecule has 1 aliphatic heterocycles. The molecular formula is C20H26F3N5O2. The molecule has 0 spiro atoms. The molecule has 1 aromatic heterocycles. The summed E-state index contributed by atoms with van der Waals surface area (Å²) in [6, 6.07) is 7.79. The zero-order valence-electron chi connectivity index (χ0n) is 16.9. The van der Waals surface area contributed by atoms with Gasteiger partial charge in [0.25, 0.3) is 0 Å². The average molecular weight is 425 g/mol. The summed E-state index contributed by atoms with van der Waals surface area (Å²) in [7, 11) is 0. The highest BCUT2D eigenvalue weighted by molar-refractivity contribution is 5.80. The predicted octanol–water partition coefficient (Wildman–Crippen LogP) is 2.90. The Morgan fingerprint density at radius 3 is 2.50 bits per heavy atom. The van der Waals surface area contributed by atoms with Crippen molar-refractivity contribution in [1.29, 1.82) is 0 Å². The van der Waals surface area contributed by atoms with Crippen LogP contribution in [0.4, 0.5) is 13.2 Å². The molecule has 0 bridgehead atoms. The zero-order valence-corrected chi connectivity index (χ0v) is 16.9. The van der Waals surface area contributed by atoms with Gasteiger partial charge in [-0.05, 0) is 31.0 Å². The molecule has 0 saturated carbocycles. The van der Waals surface area contributed by atoms with Crippen molar-refractivity contribution in [1.82, 2.24) is 20.3 Å². The highest BCUT2D eigenvalue weighted by Crippen LogP contribution is 2.22. The third-order valence-corrected chi connectivity index (χ3v) is 4.70. The van der Waals surface area contributed by atoms with E-state index in [1.54, 1.807) is 18.4 Å². The van der Waals surface area contributed by atoms with Gasteiger partial charge in [0.2, 0.25) is 0 Å². The van der Waals surface area contributed by atoms with Gasteiger partial charge in [-0.25, -0.2) is 0 Å². The molecule has 0 amide bonds. The summed E-state index contributed by atoms with van der Waals surface area (Å²) in [6.07, 6.45) is -2.46. The molecule has 1 saturated heterocycles. The van der Waals surface area contributed by atoms with Crippen molar-refractivity contribution in [2.24, 2.45) is 4.99 Å². The lowest BCUT2D eigenvalue weighted by atomic mass is 10.1. The maximum absolute atomic E-state index is 12.2. The molecule has 3 rings (SSSR count). The molecule has 0 radical (unpaired) electrons. The van der Waals surface area contributed by atoms with Crippen molar-refractivity contribution in [2.75, 3.05) is 39.3 Å². The normalized spacial score (nSPS) is 16.0. The Balaban J connectivity index is 1.48. The van der Waals surface area contributed by atoms with E-state index in [9.17, 15) is 13.2 Å². The molecule has 7 nitrogen and oxygen atoms in total. The van der Waals surface area contributed by atoms with Crippen LogP contribution in [0.25, 0.3) is 0 Å². The average Bonchev–Trinajstić information content (AvgIpc) is 3.21. The van der Waals surface area contributed by atoms with E-state index in [1.807, 2.05) is 13.0 Å². The molecule has 164 valence electrons. The van der Waals surface area contributed by atoms with E-state index in [0.29, 0.717) is 13.0 Å². The Bertz CT molecular complexity index is 786. The number of hydrogen-bond donors (Lipinski definition) is 1. The van der Waals surface area contributed by atoms with E-state index in [0.717, 1.165) is 56.5 Å². The number of aromatic nitrogens is 1. The second kappa shape index (κ2) is 10.3. The highest BCUT2D eigenvalue weighted by atomic mass is 19.4. The third kappa shape index (κ3) is 6.94. The van der Waals surface area contributed by atoms with Gasteiger partial charge in [0.1, 0.15) is 12.0 Å². The summed E-state index contributed by atoms with van der Waals surface area (Å²) < 4.78 is 45.5. The van der Waals surface area contributed by atoms with Gasteiger partial charge in [0, 0.05) is 51.9 Å². The SMILES string of the molecule is CCNC(=NCCc1ccc(OC(F)(F)F)cc1)N1CCN(Cc2ccon2)CC1. The number of hydrogen-bond acceptors (Lipinski definition) is 5. The Labute approximate surface area is 173 Å². The monoisotopic (exact) mass is 425 g/mol. The molecule has 0 aliphatic carbocycles. The number of aliphatic imine (C=N–C) groups is 1. The summed E-state index contributed by atoms with van der Waals surface area (Å²) in [5.74, 6) is 0.641. The molecular weight excluding hydrogens is 399 g/mol. The zero-order chi connectivity index (χ0) is 21.4. The Hall–Kier alpha value is -2.75. The van der Waals surface area contributed by atoms with Crippen LogP contribution in [0.2, 0.25) is 0 Å². The second-order valence-corrected chi connectivity index (χ2v) is 6.93. The number of benzene rings is 1. The number of ether oxygens (including phenoxy) is 1. The topological polar surface area (TPSA) is 66.1 Å². The van der Waals surface area contributed by atoms with Crippen molar-refractivity contribution in [3.8, 4) is 5.75 Å². The van der Waals surface area contributed by atoms with Crippen LogP contribution in [-0.4, -0.2) is 66.5 Å². The molecule has 1 aliphatic rings. The first-order chi connectivity index (χ1) is 14.4. The smallest absolute Gasteiger partial charge is 0.406 e. The van der Waals surface area contributed by atoms with Gasteiger partial charge in [0.05, 0.1) is 5.69 Å². The van der Waals surface area contributed by atoms with E-state index in [-0.39, 0.29) is 5.75 Å². The van der Waals surface area contributed by atoms with Crippen LogP contribution in [0.15, 0.2) is 46.1 Å². The van der Waals surface area contributed by atoms with Gasteiger partial charge in [-0.1, -0.05) is 17.3 Å². The van der Waals surface area contributed by atoms with Crippen LogP contribution in [0, 0.1) is 0 Å². The largest absolute Gasteiger partial charge is 0.573 e. The Morgan fingerprint density at radius 2 is 1.90 bits per heavy atom. The summed E-state index contributed by atoms with van der Waals surface area (Å²) >= 11 is 0. The molecule has 0 atom stereocenters. The van der Waals surface area contributed by atoms with Gasteiger partial charge in [-0.15, -0.1) is 13.2 Å². The minimum Gasteiger partial charge on any atom is -0.406 e. The molecule has 1 aromatic carbocycles. The fraction of sp³-hybridized carbons (Fsp3) is 0.500. The fourth-order valence-electron chi connectivity index (χ4n) is 3.24. The fourth-order valence-corrected chi connectivity index (χ4v) is 3.24. The number of rotatable bonds is 7. The van der Waals surface area contributed by atoms with Crippen molar-refractivity contribution in [2.45, 2.75) is 26.3 Å². The molecule has 0 unspecified atom stereocenters. The number of alkyl halides is 3. The maximum Gasteiger partial charge on any atom is 0.573 e. The standard InChI is InChI=1S/C20H26F3N5O2/c1-2-24-19(28-12-10-27(11-13-28)15-17-8-14-29-26-17)25-9-7-16-3-5-18(6-4-16)30-20(21,22)23/h3-6,8,14H,2,7,9-13,15H2,1H3,(H,24,25). The molecule has 2 heterocycles. The first-order valence-electron chi connectivity index (χ1n) is 9.92. The van der Waals surface area contributed by atoms with E-state index < -0.39 is 6.36 Å². The molecule has 2 aromatic rings. The van der Waals surface area contributed by atoms with E-state index in [1.165, 1.54) is 12.1 Å². The van der Waals surface area contributed by atoms with Crippen LogP contribution < -0.4 is 10.1 Å². The van der Waals surface area contributed by atoms with Crippen LogP contribution >= 0.6 is 0 Å². The highest BCUT2D eigenvalue weighted by Gasteiger charge is 2.30. The van der Waals surface area contributed by atoms with Crippen molar-refractivity contribution in [3.05, 3.63) is 47.9 Å². The van der Waals surface area contributed by atoms with Gasteiger partial charge in [0.15, 0.2) is 5.96 Å². The van der Waals surface area contributed by atoms with E-state index in [2.05, 4.69) is 30.0 Å². The second-order valence-electron chi connectivity index (χ2n) is 6.93. The predicted molar refractivity (Wildman–Crippen MR) is 106 cm³/mol. The lowest BCUT2D eigenvalue weighted by molar-refractivity contribution is -0.274. The van der Waals surface area contributed by atoms with Gasteiger partial charge in [-0.3, -0.25) is 9.89 Å². The number of nitrogens with zero attached hydrogens (tertiary/aromatic N) is 4. The molecule has 10 heteroatoms. The summed E-state index contributed by atoms with van der Waals surface area (Å²) in [5.41, 5.74) is 1.83. The minimum absolute atomic E-state index is 0.216. The van der Waals surface area contributed by atoms with Crippen LogP contribution in [-0.2, 0) is 13.0 Å². The first-order valence-corrected chi connectivity index (χ1v) is 9.92. The van der Waals surface area contributed by atoms with Crippen LogP contribution in [0.5, 0.6) is 5.75 Å². The lowest BCUT2D eigenvalue weighted by Crippen LogP contribution is -2.52. The van der Waals surface area contributed by atoms with Gasteiger partial charge >= 0.3 is 6.36 Å². The number of nitrogens with one attached hydrogen (secondary N) is 1. The maximum atomic E-state index is 12.2. The number of piperazine rings is 1. The summed E-state index contributed by atoms with van der Waals surface area (Å²) in [4.78, 5) is 9.24. The quantitative estimate of drug-likeness (QED) is 0.544. The van der Waals surface area contributed by atoms with Crippen molar-refractivity contribution in [3.63, 3.8) is 0 Å². The van der Waals surface area contributed by atoms with Crippen molar-refractivity contribution >= 4 is 5.96 Å². The summed E-state index contributed by atoms with van der Waals surface area (Å²) in [6.45, 7) is 7.61. The van der Waals surface area contributed by atoms with Crippen LogP contribution in [0.1, 0.15) is 18.2 Å². The van der Waals surface area contributed by atoms with E-state index >= 15 is 0 Å². The van der Waals surface area contributed by atoms with Crippen molar-refractivity contribution < 1.29 is 22.4 Å². The van der Waals surface area contributed by atoms with E-state index in [4.69, 9.17) is 4.52 Å². The third-order valence-electron chi connectivity index (χ3n) is 4.70.